The maximum atomic E-state index is 5.53. The van der Waals surface area contributed by atoms with Gasteiger partial charge in [0.1, 0.15) is 0 Å². The van der Waals surface area contributed by atoms with Crippen molar-refractivity contribution in [1.82, 2.24) is 0 Å². The summed E-state index contributed by atoms with van der Waals surface area (Å²) >= 11 is 0. The molecule has 0 aromatic carbocycles. The molecule has 2 aliphatic rings. The summed E-state index contributed by atoms with van der Waals surface area (Å²) in [4.78, 5) is 0. The van der Waals surface area contributed by atoms with Gasteiger partial charge in [0.2, 0.25) is 0 Å². The molecule has 0 aromatic heterocycles. The third-order valence-electron chi connectivity index (χ3n) is 2.54. The van der Waals surface area contributed by atoms with E-state index in [0.717, 1.165) is 0 Å². The molecule has 1 unspecified atom stereocenters. The first kappa shape index (κ1) is 7.06. The smallest absolute Gasteiger partial charge is 0.0963 e. The van der Waals surface area contributed by atoms with Gasteiger partial charge in [0, 0.05) is 0 Å². The molecule has 58 valence electrons. The first-order chi connectivity index (χ1) is 4.74. The van der Waals surface area contributed by atoms with Crippen molar-refractivity contribution in [3.63, 3.8) is 0 Å². The molecule has 0 saturated carbocycles. The molecular weight excluding hydrogens is 143 g/mol. The van der Waals surface area contributed by atoms with E-state index < -0.39 is 0 Å². The van der Waals surface area contributed by atoms with Crippen molar-refractivity contribution in [3.8, 4) is 0 Å². The quantitative estimate of drug-likeness (QED) is 0.442. The highest BCUT2D eigenvalue weighted by molar-refractivity contribution is 7.58. The molecule has 1 nitrogen and oxygen atoms in total. The van der Waals surface area contributed by atoms with Gasteiger partial charge in [-0.15, -0.1) is 7.92 Å². The van der Waals surface area contributed by atoms with Crippen LogP contribution in [-0.2, 0) is 4.74 Å². The Labute approximate surface area is 63.9 Å². The minimum Gasteiger partial charge on any atom is -0.366 e. The lowest BCUT2D eigenvalue weighted by Gasteiger charge is -2.11. The summed E-state index contributed by atoms with van der Waals surface area (Å²) in [5, 5.41) is 0. The van der Waals surface area contributed by atoms with Crippen molar-refractivity contribution in [2.75, 3.05) is 18.5 Å². The van der Waals surface area contributed by atoms with Crippen LogP contribution >= 0.6 is 7.92 Å². The second-order valence-corrected chi connectivity index (χ2v) is 6.12. The molecule has 0 spiro atoms. The van der Waals surface area contributed by atoms with E-state index in [4.69, 9.17) is 4.74 Å². The van der Waals surface area contributed by atoms with Crippen molar-refractivity contribution in [3.05, 3.63) is 0 Å². The predicted molar refractivity (Wildman–Crippen MR) is 45.1 cm³/mol. The Morgan fingerprint density at radius 3 is 3.00 bits per heavy atom. The summed E-state index contributed by atoms with van der Waals surface area (Å²) < 4.78 is 5.53. The molecule has 2 rings (SSSR count). The van der Waals surface area contributed by atoms with Crippen LogP contribution in [-0.4, -0.2) is 30.2 Å². The molecule has 10 heavy (non-hydrogen) atoms. The Hall–Kier alpha value is 0.390. The van der Waals surface area contributed by atoms with Gasteiger partial charge in [0.25, 0.3) is 0 Å². The Balaban J connectivity index is 1.86. The Morgan fingerprint density at radius 2 is 2.50 bits per heavy atom. The van der Waals surface area contributed by atoms with Crippen LogP contribution in [0.1, 0.15) is 20.3 Å². The van der Waals surface area contributed by atoms with E-state index in [9.17, 15) is 0 Å². The molecular formula is C8H15OP. The Morgan fingerprint density at radius 1 is 1.70 bits per heavy atom. The lowest BCUT2D eigenvalue weighted by Crippen LogP contribution is -2.06. The van der Waals surface area contributed by atoms with Crippen molar-refractivity contribution < 1.29 is 4.74 Å². The van der Waals surface area contributed by atoms with Crippen molar-refractivity contribution in [2.24, 2.45) is 0 Å². The van der Waals surface area contributed by atoms with Gasteiger partial charge in [-0.3, -0.25) is 0 Å². The van der Waals surface area contributed by atoms with Crippen LogP contribution in [0, 0.1) is 0 Å². The third-order valence-corrected chi connectivity index (χ3v) is 5.54. The largest absolute Gasteiger partial charge is 0.366 e. The van der Waals surface area contributed by atoms with Gasteiger partial charge >= 0.3 is 0 Å². The van der Waals surface area contributed by atoms with Crippen molar-refractivity contribution in [2.45, 2.75) is 32.0 Å². The lowest BCUT2D eigenvalue weighted by molar-refractivity contribution is 0.326. The fourth-order valence-electron chi connectivity index (χ4n) is 1.89. The molecule has 0 N–H and O–H groups in total. The average Bonchev–Trinajstić information content (AvgIpc) is 2.34. The molecule has 0 aliphatic carbocycles. The van der Waals surface area contributed by atoms with Gasteiger partial charge in [-0.25, -0.2) is 0 Å². The first-order valence-corrected chi connectivity index (χ1v) is 6.04. The van der Waals surface area contributed by atoms with Crippen LogP contribution < -0.4 is 0 Å². The third kappa shape index (κ3) is 1.00. The summed E-state index contributed by atoms with van der Waals surface area (Å²) in [6, 6.07) is 0. The maximum Gasteiger partial charge on any atom is 0.0963 e. The van der Waals surface area contributed by atoms with Crippen molar-refractivity contribution in [1.29, 1.82) is 0 Å². The molecule has 2 aliphatic heterocycles. The summed E-state index contributed by atoms with van der Waals surface area (Å²) in [6.45, 7) is 4.56. The van der Waals surface area contributed by atoms with Crippen LogP contribution in [0.2, 0.25) is 0 Å². The number of hydrogen-bond acceptors (Lipinski definition) is 1. The van der Waals surface area contributed by atoms with Crippen LogP contribution in [0.3, 0.4) is 0 Å². The van der Waals surface area contributed by atoms with E-state index in [1.807, 2.05) is 0 Å². The zero-order chi connectivity index (χ0) is 7.19. The van der Waals surface area contributed by atoms with Gasteiger partial charge in [-0.1, -0.05) is 13.3 Å². The fourth-order valence-corrected chi connectivity index (χ4v) is 5.09. The van der Waals surface area contributed by atoms with Gasteiger partial charge < -0.3 is 4.74 Å². The zero-order valence-electron chi connectivity index (χ0n) is 6.76. The highest BCUT2D eigenvalue weighted by Gasteiger charge is 2.58. The average molecular weight is 158 g/mol. The minimum atomic E-state index is 0.362. The molecule has 2 heteroatoms. The maximum absolute atomic E-state index is 5.53. The van der Waals surface area contributed by atoms with Gasteiger partial charge in [-0.2, -0.15) is 0 Å². The topological polar surface area (TPSA) is 12.5 Å². The molecule has 2 heterocycles. The van der Waals surface area contributed by atoms with E-state index in [0.29, 0.717) is 19.6 Å². The fraction of sp³-hybridized carbons (Fsp3) is 1.00. The molecule has 0 bridgehead atoms. The minimum absolute atomic E-state index is 0.362. The molecule has 0 radical (unpaired) electrons. The highest BCUT2D eigenvalue weighted by Crippen LogP contribution is 2.59. The molecule has 0 amide bonds. The summed E-state index contributed by atoms with van der Waals surface area (Å²) in [6.07, 6.45) is 6.31. The van der Waals surface area contributed by atoms with Crippen LogP contribution in [0.4, 0.5) is 0 Å². The monoisotopic (exact) mass is 158 g/mol. The second-order valence-electron chi connectivity index (χ2n) is 3.65. The summed E-state index contributed by atoms with van der Waals surface area (Å²) in [5.74, 6) is 0. The van der Waals surface area contributed by atoms with E-state index in [-0.39, 0.29) is 0 Å². The standard InChI is InChI=1S/C8H15OP/c1-3-4-10-5-7-8(2,6-10)9-7/h7H,3-6H2,1-2H3/t7-,8+,10?/m0/s1. The molecule has 0 aromatic rings. The SMILES string of the molecule is CCCP1C[C@@H]2O[C@]2(C)C1. The van der Waals surface area contributed by atoms with Crippen LogP contribution in [0.15, 0.2) is 0 Å². The Bertz CT molecular complexity index is 148. The zero-order valence-corrected chi connectivity index (χ0v) is 7.66. The van der Waals surface area contributed by atoms with E-state index in [2.05, 4.69) is 13.8 Å². The number of fused-ring (bicyclic) bond motifs is 1. The van der Waals surface area contributed by atoms with Gasteiger partial charge in [0.15, 0.2) is 0 Å². The predicted octanol–water partition coefficient (Wildman–Crippen LogP) is 2.05. The number of rotatable bonds is 2. The number of hydrogen-bond donors (Lipinski definition) is 0. The van der Waals surface area contributed by atoms with Crippen LogP contribution in [0.5, 0.6) is 0 Å². The summed E-state index contributed by atoms with van der Waals surface area (Å²) in [5.41, 5.74) is 0.362. The number of ether oxygens (including phenoxy) is 1. The highest BCUT2D eigenvalue weighted by atomic mass is 31.1. The van der Waals surface area contributed by atoms with Crippen LogP contribution in [0.25, 0.3) is 0 Å². The molecule has 3 atom stereocenters. The Kier molecular flexibility index (Phi) is 1.54. The summed E-state index contributed by atoms with van der Waals surface area (Å²) in [7, 11) is 0.392. The van der Waals surface area contributed by atoms with E-state index in [1.165, 1.54) is 24.9 Å². The second kappa shape index (κ2) is 2.19. The van der Waals surface area contributed by atoms with E-state index in [1.54, 1.807) is 0 Å². The number of epoxide rings is 1. The van der Waals surface area contributed by atoms with Crippen molar-refractivity contribution >= 4 is 7.92 Å². The van der Waals surface area contributed by atoms with Gasteiger partial charge in [-0.05, 0) is 25.4 Å². The lowest BCUT2D eigenvalue weighted by atomic mass is 10.2. The molecule has 2 fully saturated rings. The normalized spacial score (nSPS) is 51.0. The first-order valence-electron chi connectivity index (χ1n) is 4.15. The van der Waals surface area contributed by atoms with Gasteiger partial charge in [0.05, 0.1) is 11.7 Å². The molecule has 2 saturated heterocycles. The van der Waals surface area contributed by atoms with E-state index >= 15 is 0 Å².